The lowest BCUT2D eigenvalue weighted by molar-refractivity contribution is -0.0149. The molecule has 2 aliphatic rings. The minimum Gasteiger partial charge on any atom is -0.375 e. The lowest BCUT2D eigenvalue weighted by atomic mass is 9.87. The molecular weight excluding hydrogens is 245 g/mol. The number of nitrogens with zero attached hydrogens (tertiary/aromatic N) is 1. The molecule has 4 heteroatoms. The van der Waals surface area contributed by atoms with Gasteiger partial charge in [-0.05, 0) is 43.9 Å². The van der Waals surface area contributed by atoms with Crippen molar-refractivity contribution in [3.63, 3.8) is 0 Å². The predicted octanol–water partition coefficient (Wildman–Crippen LogP) is 2.84. The third-order valence-electron chi connectivity index (χ3n) is 4.02. The number of hydrogen-bond donors (Lipinski definition) is 0. The van der Waals surface area contributed by atoms with Crippen LogP contribution in [0.2, 0.25) is 0 Å². The van der Waals surface area contributed by atoms with Crippen molar-refractivity contribution in [2.24, 2.45) is 5.92 Å². The van der Waals surface area contributed by atoms with E-state index in [4.69, 9.17) is 10.00 Å². The summed E-state index contributed by atoms with van der Waals surface area (Å²) in [4.78, 5) is 12.4. The van der Waals surface area contributed by atoms with Crippen molar-refractivity contribution in [1.82, 2.24) is 0 Å². The number of carbonyl (C=O) groups excluding carboxylic acids is 1. The zero-order valence-corrected chi connectivity index (χ0v) is 10.4. The van der Waals surface area contributed by atoms with Gasteiger partial charge < -0.3 is 4.74 Å². The van der Waals surface area contributed by atoms with Gasteiger partial charge in [-0.1, -0.05) is 0 Å². The standard InChI is InChI=1S/C15H14FNO2/c16-14-5-9(8-17)1-4-13(14)15(18)10-6-11-2-3-12(7-10)19-11/h1,4-5,10-12H,2-3,6-7H2. The molecule has 2 aliphatic heterocycles. The molecule has 3 rings (SSSR count). The fraction of sp³-hybridized carbons (Fsp3) is 0.467. The molecule has 0 aromatic heterocycles. The van der Waals surface area contributed by atoms with Gasteiger partial charge in [-0.25, -0.2) is 4.39 Å². The summed E-state index contributed by atoms with van der Waals surface area (Å²) in [5.74, 6) is -0.890. The molecule has 19 heavy (non-hydrogen) atoms. The Morgan fingerprint density at radius 2 is 2.00 bits per heavy atom. The number of rotatable bonds is 2. The molecule has 0 amide bonds. The van der Waals surface area contributed by atoms with Gasteiger partial charge in [-0.2, -0.15) is 5.26 Å². The Kier molecular flexibility index (Phi) is 3.08. The minimum atomic E-state index is -0.595. The van der Waals surface area contributed by atoms with E-state index in [1.165, 1.54) is 12.1 Å². The van der Waals surface area contributed by atoms with Crippen LogP contribution in [0.25, 0.3) is 0 Å². The molecule has 0 spiro atoms. The summed E-state index contributed by atoms with van der Waals surface area (Å²) in [5, 5.41) is 8.70. The molecular formula is C15H14FNO2. The zero-order valence-electron chi connectivity index (χ0n) is 10.4. The average Bonchev–Trinajstić information content (AvgIpc) is 2.76. The van der Waals surface area contributed by atoms with Crippen LogP contribution in [-0.2, 0) is 4.74 Å². The fourth-order valence-electron chi connectivity index (χ4n) is 3.08. The number of Topliss-reactive ketones (excluding diaryl/α,β-unsaturated/α-hetero) is 1. The number of nitriles is 1. The Hall–Kier alpha value is -1.73. The molecule has 0 radical (unpaired) electrons. The van der Waals surface area contributed by atoms with Crippen molar-refractivity contribution in [2.45, 2.75) is 37.9 Å². The van der Waals surface area contributed by atoms with E-state index in [1.54, 1.807) is 0 Å². The highest BCUT2D eigenvalue weighted by Crippen LogP contribution is 2.37. The Morgan fingerprint density at radius 1 is 1.32 bits per heavy atom. The Morgan fingerprint density at radius 3 is 2.58 bits per heavy atom. The van der Waals surface area contributed by atoms with Gasteiger partial charge in [0.05, 0.1) is 29.4 Å². The van der Waals surface area contributed by atoms with E-state index >= 15 is 0 Å². The van der Waals surface area contributed by atoms with Crippen molar-refractivity contribution < 1.29 is 13.9 Å². The third-order valence-corrected chi connectivity index (χ3v) is 4.02. The van der Waals surface area contributed by atoms with E-state index in [-0.39, 0.29) is 35.0 Å². The van der Waals surface area contributed by atoms with Gasteiger partial charge in [0.2, 0.25) is 0 Å². The van der Waals surface area contributed by atoms with Gasteiger partial charge in [-0.15, -0.1) is 0 Å². The maximum atomic E-state index is 13.8. The summed E-state index contributed by atoms with van der Waals surface area (Å²) in [6.07, 6.45) is 3.71. The fourth-order valence-corrected chi connectivity index (χ4v) is 3.08. The van der Waals surface area contributed by atoms with Crippen molar-refractivity contribution in [3.8, 4) is 6.07 Å². The Bertz CT molecular complexity index is 552. The first-order valence-electron chi connectivity index (χ1n) is 6.56. The average molecular weight is 259 g/mol. The maximum Gasteiger partial charge on any atom is 0.169 e. The lowest BCUT2D eigenvalue weighted by Crippen LogP contribution is -2.30. The minimum absolute atomic E-state index is 0.102. The Balaban J connectivity index is 1.82. The zero-order chi connectivity index (χ0) is 13.4. The van der Waals surface area contributed by atoms with Crippen LogP contribution in [-0.4, -0.2) is 18.0 Å². The van der Waals surface area contributed by atoms with Gasteiger partial charge in [0.1, 0.15) is 5.82 Å². The van der Waals surface area contributed by atoms with E-state index in [2.05, 4.69) is 0 Å². The van der Waals surface area contributed by atoms with E-state index in [0.717, 1.165) is 18.9 Å². The normalized spacial score (nSPS) is 28.9. The molecule has 2 heterocycles. The predicted molar refractivity (Wildman–Crippen MR) is 66.1 cm³/mol. The lowest BCUT2D eigenvalue weighted by Gasteiger charge is -2.27. The number of ether oxygens (including phenoxy) is 1. The van der Waals surface area contributed by atoms with Gasteiger partial charge in [0.15, 0.2) is 5.78 Å². The number of halogens is 1. The van der Waals surface area contributed by atoms with Gasteiger partial charge in [-0.3, -0.25) is 4.79 Å². The maximum absolute atomic E-state index is 13.8. The molecule has 2 atom stereocenters. The van der Waals surface area contributed by atoms with E-state index in [1.807, 2.05) is 6.07 Å². The third kappa shape index (κ3) is 2.26. The highest BCUT2D eigenvalue weighted by molar-refractivity contribution is 5.98. The second-order valence-electron chi connectivity index (χ2n) is 5.30. The number of hydrogen-bond acceptors (Lipinski definition) is 3. The first-order valence-corrected chi connectivity index (χ1v) is 6.56. The molecule has 0 aliphatic carbocycles. The van der Waals surface area contributed by atoms with Crippen LogP contribution in [0.15, 0.2) is 18.2 Å². The first kappa shape index (κ1) is 12.3. The quantitative estimate of drug-likeness (QED) is 0.767. The number of ketones is 1. The molecule has 2 bridgehead atoms. The molecule has 1 aromatic carbocycles. The van der Waals surface area contributed by atoms with Crippen molar-refractivity contribution in [1.29, 1.82) is 5.26 Å². The summed E-state index contributed by atoms with van der Waals surface area (Å²) in [7, 11) is 0. The van der Waals surface area contributed by atoms with Crippen molar-refractivity contribution in [3.05, 3.63) is 35.1 Å². The number of fused-ring (bicyclic) bond motifs is 2. The van der Waals surface area contributed by atoms with E-state index in [0.29, 0.717) is 12.8 Å². The highest BCUT2D eigenvalue weighted by Gasteiger charge is 2.38. The van der Waals surface area contributed by atoms with Gasteiger partial charge in [0.25, 0.3) is 0 Å². The summed E-state index contributed by atoms with van der Waals surface area (Å²) in [5.41, 5.74) is 0.339. The molecule has 3 nitrogen and oxygen atoms in total. The SMILES string of the molecule is N#Cc1ccc(C(=O)C2CC3CCC(C2)O3)c(F)c1. The molecule has 98 valence electrons. The summed E-state index contributed by atoms with van der Waals surface area (Å²) in [6, 6.07) is 5.91. The van der Waals surface area contributed by atoms with Crippen LogP contribution in [0.4, 0.5) is 4.39 Å². The molecule has 2 fully saturated rings. The van der Waals surface area contributed by atoms with Crippen LogP contribution >= 0.6 is 0 Å². The van der Waals surface area contributed by atoms with Crippen LogP contribution in [0, 0.1) is 23.1 Å². The second-order valence-corrected chi connectivity index (χ2v) is 5.30. The monoisotopic (exact) mass is 259 g/mol. The first-order chi connectivity index (χ1) is 9.17. The van der Waals surface area contributed by atoms with Crippen LogP contribution < -0.4 is 0 Å². The van der Waals surface area contributed by atoms with Gasteiger partial charge in [0, 0.05) is 5.92 Å². The molecule has 0 N–H and O–H groups in total. The topological polar surface area (TPSA) is 50.1 Å². The van der Waals surface area contributed by atoms with E-state index in [9.17, 15) is 9.18 Å². The Labute approximate surface area is 111 Å². The van der Waals surface area contributed by atoms with Crippen LogP contribution in [0.1, 0.15) is 41.6 Å². The molecule has 2 saturated heterocycles. The summed E-state index contributed by atoms with van der Waals surface area (Å²) >= 11 is 0. The smallest absolute Gasteiger partial charge is 0.169 e. The van der Waals surface area contributed by atoms with Gasteiger partial charge >= 0.3 is 0 Å². The van der Waals surface area contributed by atoms with E-state index < -0.39 is 5.82 Å². The summed E-state index contributed by atoms with van der Waals surface area (Å²) in [6.45, 7) is 0. The molecule has 0 saturated carbocycles. The highest BCUT2D eigenvalue weighted by atomic mass is 19.1. The summed E-state index contributed by atoms with van der Waals surface area (Å²) < 4.78 is 19.5. The molecule has 2 unspecified atom stereocenters. The van der Waals surface area contributed by atoms with Crippen molar-refractivity contribution in [2.75, 3.05) is 0 Å². The molecule has 1 aromatic rings. The number of benzene rings is 1. The number of carbonyl (C=O) groups is 1. The van der Waals surface area contributed by atoms with Crippen molar-refractivity contribution >= 4 is 5.78 Å². The van der Waals surface area contributed by atoms with Crippen LogP contribution in [0.3, 0.4) is 0 Å². The van der Waals surface area contributed by atoms with Crippen LogP contribution in [0.5, 0.6) is 0 Å². The second kappa shape index (κ2) is 4.75. The largest absolute Gasteiger partial charge is 0.375 e.